The second-order valence-electron chi connectivity index (χ2n) is 6.61. The van der Waals surface area contributed by atoms with Gasteiger partial charge in [-0.3, -0.25) is 4.79 Å². The molecule has 1 aromatic carbocycles. The molecule has 0 aromatic heterocycles. The first kappa shape index (κ1) is 22.0. The summed E-state index contributed by atoms with van der Waals surface area (Å²) >= 11 is 0. The Morgan fingerprint density at radius 3 is 2.32 bits per heavy atom. The molecule has 28 heavy (non-hydrogen) atoms. The Bertz CT molecular complexity index is 732. The third-order valence-electron chi connectivity index (χ3n) is 4.52. The number of nitriles is 1. The number of hydrogen-bond acceptors (Lipinski definition) is 3. The van der Waals surface area contributed by atoms with Crippen LogP contribution in [-0.4, -0.2) is 31.2 Å². The van der Waals surface area contributed by atoms with Crippen molar-refractivity contribution in [3.05, 3.63) is 29.3 Å². The van der Waals surface area contributed by atoms with Crippen LogP contribution in [0, 0.1) is 11.3 Å². The van der Waals surface area contributed by atoms with Gasteiger partial charge < -0.3 is 10.2 Å². The van der Waals surface area contributed by atoms with Gasteiger partial charge in [0.25, 0.3) is 0 Å². The van der Waals surface area contributed by atoms with Gasteiger partial charge in [0.1, 0.15) is 0 Å². The van der Waals surface area contributed by atoms with Crippen molar-refractivity contribution >= 4 is 11.6 Å². The highest BCUT2D eigenvalue weighted by Crippen LogP contribution is 2.36. The lowest BCUT2D eigenvalue weighted by Crippen LogP contribution is -2.47. The number of alkyl halides is 6. The lowest BCUT2D eigenvalue weighted by Gasteiger charge is -2.35. The predicted molar refractivity (Wildman–Crippen MR) is 89.4 cm³/mol. The molecule has 1 aromatic rings. The van der Waals surface area contributed by atoms with E-state index in [-0.39, 0.29) is 5.69 Å². The summed E-state index contributed by atoms with van der Waals surface area (Å²) in [7, 11) is 0. The van der Waals surface area contributed by atoms with Crippen LogP contribution in [0.25, 0.3) is 0 Å². The summed E-state index contributed by atoms with van der Waals surface area (Å²) in [4.78, 5) is 13.7. The first-order chi connectivity index (χ1) is 13.0. The molecule has 0 radical (unpaired) electrons. The molecule has 0 bridgehead atoms. The fraction of sp³-hybridized carbons (Fsp3) is 0.556. The molecular formula is C18H19F6N3O. The maximum Gasteiger partial charge on any atom is 0.417 e. The SMILES string of the molecule is N#Cc1ccc(N(C(=O)CNCC(F)(F)F)C2CCCCC2)cc1C(F)(F)F. The van der Waals surface area contributed by atoms with Crippen molar-refractivity contribution in [3.63, 3.8) is 0 Å². The smallest absolute Gasteiger partial charge is 0.308 e. The molecule has 0 aliphatic heterocycles. The molecule has 0 atom stereocenters. The summed E-state index contributed by atoms with van der Waals surface area (Å²) < 4.78 is 76.7. The Hall–Kier alpha value is -2.28. The normalized spacial score (nSPS) is 15.9. The van der Waals surface area contributed by atoms with E-state index in [4.69, 9.17) is 5.26 Å². The number of halogens is 6. The van der Waals surface area contributed by atoms with Gasteiger partial charge in [0, 0.05) is 11.7 Å². The van der Waals surface area contributed by atoms with Crippen molar-refractivity contribution in [3.8, 4) is 6.07 Å². The molecule has 1 aliphatic carbocycles. The second-order valence-corrected chi connectivity index (χ2v) is 6.61. The maximum absolute atomic E-state index is 13.3. The van der Waals surface area contributed by atoms with Crippen molar-refractivity contribution in [1.82, 2.24) is 5.32 Å². The fourth-order valence-electron chi connectivity index (χ4n) is 3.31. The third-order valence-corrected chi connectivity index (χ3v) is 4.52. The minimum Gasteiger partial charge on any atom is -0.308 e. The molecule has 0 heterocycles. The number of rotatable bonds is 5. The third kappa shape index (κ3) is 5.86. The first-order valence-electron chi connectivity index (χ1n) is 8.74. The standard InChI is InChI=1S/C18H19F6N3O/c19-17(20,21)11-26-10-16(28)27(13-4-2-1-3-5-13)14-7-6-12(9-25)15(8-14)18(22,23)24/h6-8,13,26H,1-5,10-11H2. The minimum atomic E-state index is -4.79. The van der Waals surface area contributed by atoms with E-state index < -0.39 is 48.5 Å². The van der Waals surface area contributed by atoms with Gasteiger partial charge in [-0.2, -0.15) is 31.6 Å². The number of amides is 1. The van der Waals surface area contributed by atoms with Crippen molar-refractivity contribution in [1.29, 1.82) is 5.26 Å². The van der Waals surface area contributed by atoms with Gasteiger partial charge in [-0.05, 0) is 31.0 Å². The van der Waals surface area contributed by atoms with Gasteiger partial charge >= 0.3 is 12.4 Å². The molecule has 0 saturated heterocycles. The number of carbonyl (C=O) groups excluding carboxylic acids is 1. The molecule has 1 saturated carbocycles. The number of carbonyl (C=O) groups is 1. The van der Waals surface area contributed by atoms with E-state index in [0.29, 0.717) is 12.8 Å². The van der Waals surface area contributed by atoms with Crippen LogP contribution in [0.15, 0.2) is 18.2 Å². The van der Waals surface area contributed by atoms with Crippen LogP contribution >= 0.6 is 0 Å². The largest absolute Gasteiger partial charge is 0.417 e. The highest BCUT2D eigenvalue weighted by atomic mass is 19.4. The number of hydrogen-bond donors (Lipinski definition) is 1. The molecule has 1 aliphatic rings. The molecule has 1 N–H and O–H groups in total. The first-order valence-corrected chi connectivity index (χ1v) is 8.74. The quantitative estimate of drug-likeness (QED) is 0.737. The number of anilines is 1. The average molecular weight is 407 g/mol. The summed E-state index contributed by atoms with van der Waals surface area (Å²) in [5.41, 5.74) is -1.83. The van der Waals surface area contributed by atoms with Crippen LogP contribution in [0.3, 0.4) is 0 Å². The summed E-state index contributed by atoms with van der Waals surface area (Å²) in [5, 5.41) is 10.9. The van der Waals surface area contributed by atoms with Gasteiger partial charge in [-0.25, -0.2) is 0 Å². The van der Waals surface area contributed by atoms with Crippen LogP contribution in [0.1, 0.15) is 43.2 Å². The van der Waals surface area contributed by atoms with Crippen LogP contribution < -0.4 is 10.2 Å². The topological polar surface area (TPSA) is 56.1 Å². The van der Waals surface area contributed by atoms with E-state index in [0.717, 1.165) is 36.3 Å². The summed E-state index contributed by atoms with van der Waals surface area (Å²) in [6.07, 6.45) is -5.74. The van der Waals surface area contributed by atoms with Crippen LogP contribution in [-0.2, 0) is 11.0 Å². The van der Waals surface area contributed by atoms with E-state index in [1.807, 2.05) is 5.32 Å². The van der Waals surface area contributed by atoms with Crippen molar-refractivity contribution < 1.29 is 31.1 Å². The van der Waals surface area contributed by atoms with Gasteiger partial charge in [-0.1, -0.05) is 19.3 Å². The van der Waals surface area contributed by atoms with Gasteiger partial charge in [-0.15, -0.1) is 0 Å². The molecule has 10 heteroatoms. The maximum atomic E-state index is 13.3. The molecular weight excluding hydrogens is 388 g/mol. The summed E-state index contributed by atoms with van der Waals surface area (Å²) in [6, 6.07) is 3.99. The molecule has 0 unspecified atom stereocenters. The molecule has 0 spiro atoms. The zero-order valence-electron chi connectivity index (χ0n) is 14.8. The van der Waals surface area contributed by atoms with E-state index >= 15 is 0 Å². The Morgan fingerprint density at radius 2 is 1.79 bits per heavy atom. The van der Waals surface area contributed by atoms with Crippen molar-refractivity contribution in [2.24, 2.45) is 0 Å². The highest BCUT2D eigenvalue weighted by Gasteiger charge is 2.36. The zero-order chi connectivity index (χ0) is 20.9. The molecule has 4 nitrogen and oxygen atoms in total. The molecule has 154 valence electrons. The average Bonchev–Trinajstić information content (AvgIpc) is 2.61. The Kier molecular flexibility index (Phi) is 6.93. The van der Waals surface area contributed by atoms with E-state index in [1.54, 1.807) is 0 Å². The Morgan fingerprint density at radius 1 is 1.14 bits per heavy atom. The highest BCUT2D eigenvalue weighted by molar-refractivity contribution is 5.95. The van der Waals surface area contributed by atoms with E-state index in [9.17, 15) is 31.1 Å². The number of nitrogens with zero attached hydrogens (tertiary/aromatic N) is 2. The number of nitrogens with one attached hydrogen (secondary N) is 1. The van der Waals surface area contributed by atoms with Gasteiger partial charge in [0.05, 0.1) is 30.3 Å². The van der Waals surface area contributed by atoms with Gasteiger partial charge in [0.2, 0.25) is 5.91 Å². The molecule has 1 fully saturated rings. The number of benzene rings is 1. The predicted octanol–water partition coefficient (Wildman–Crippen LogP) is 4.39. The van der Waals surface area contributed by atoms with Crippen LogP contribution in [0.2, 0.25) is 0 Å². The van der Waals surface area contributed by atoms with Crippen LogP contribution in [0.4, 0.5) is 32.0 Å². The molecule has 1 amide bonds. The summed E-state index contributed by atoms with van der Waals surface area (Å²) in [6.45, 7) is -2.03. The lowest BCUT2D eigenvalue weighted by molar-refractivity contribution is -0.138. The van der Waals surface area contributed by atoms with Crippen molar-refractivity contribution in [2.75, 3.05) is 18.0 Å². The monoisotopic (exact) mass is 407 g/mol. The minimum absolute atomic E-state index is 0.0722. The Balaban J connectivity index is 2.34. The second kappa shape index (κ2) is 8.82. The van der Waals surface area contributed by atoms with Gasteiger partial charge in [0.15, 0.2) is 0 Å². The van der Waals surface area contributed by atoms with E-state index in [1.165, 1.54) is 12.1 Å². The summed E-state index contributed by atoms with van der Waals surface area (Å²) in [5.74, 6) is -0.742. The Labute approximate surface area is 158 Å². The molecule has 2 rings (SSSR count). The van der Waals surface area contributed by atoms with Crippen molar-refractivity contribution in [2.45, 2.75) is 50.5 Å². The fourth-order valence-corrected chi connectivity index (χ4v) is 3.31. The van der Waals surface area contributed by atoms with E-state index in [2.05, 4.69) is 0 Å². The zero-order valence-corrected chi connectivity index (χ0v) is 14.8. The van der Waals surface area contributed by atoms with Crippen LogP contribution in [0.5, 0.6) is 0 Å². The lowest BCUT2D eigenvalue weighted by atomic mass is 9.93.